The van der Waals surface area contributed by atoms with Gasteiger partial charge in [-0.05, 0) is 31.6 Å². The minimum absolute atomic E-state index is 0. The predicted molar refractivity (Wildman–Crippen MR) is 123 cm³/mol. The molecule has 0 amide bonds. The fourth-order valence-corrected chi connectivity index (χ4v) is 2.59. The third-order valence-electron chi connectivity index (χ3n) is 4.31. The smallest absolute Gasteiger partial charge is 0.331 e. The molecule has 1 aliphatic rings. The number of nitrogens with zero attached hydrogens (tertiary/aromatic N) is 2. The van der Waals surface area contributed by atoms with Gasteiger partial charge in [-0.25, -0.2) is 9.78 Å². The maximum Gasteiger partial charge on any atom is 0.331 e. The molecule has 3 N–H and O–H groups in total. The highest BCUT2D eigenvalue weighted by atomic mass is 35.5. The van der Waals surface area contributed by atoms with Crippen LogP contribution < -0.4 is 0 Å². The number of halogens is 1. The first kappa shape index (κ1) is 25.3. The summed E-state index contributed by atoms with van der Waals surface area (Å²) in [5, 5.41) is 18.7. The number of para-hydroxylation sites is 1. The van der Waals surface area contributed by atoms with Crippen LogP contribution in [-0.2, 0) is 9.59 Å². The first-order valence-corrected chi connectivity index (χ1v) is 9.12. The van der Waals surface area contributed by atoms with Crippen molar-refractivity contribution < 1.29 is 19.8 Å². The molecule has 0 fully saturated rings. The number of hydrogen-bond acceptors (Lipinski definition) is 4. The maximum absolute atomic E-state index is 10.8. The van der Waals surface area contributed by atoms with Gasteiger partial charge in [0.05, 0.1) is 10.9 Å². The number of aliphatic carboxylic acids is 2. The minimum atomic E-state index is -1.08. The number of nitrogens with one attached hydrogen (secondary N) is 1. The number of aromatic nitrogens is 3. The van der Waals surface area contributed by atoms with Gasteiger partial charge in [-0.2, -0.15) is 0 Å². The number of aromatic amines is 1. The van der Waals surface area contributed by atoms with E-state index in [4.69, 9.17) is 10.2 Å². The Morgan fingerprint density at radius 2 is 1.84 bits per heavy atom. The van der Waals surface area contributed by atoms with Gasteiger partial charge in [0.2, 0.25) is 0 Å². The number of hydrogen-bond donors (Lipinski definition) is 3. The molecule has 0 spiro atoms. The van der Waals surface area contributed by atoms with Crippen LogP contribution in [0.25, 0.3) is 17.0 Å². The molecule has 2 aromatic heterocycles. The zero-order chi connectivity index (χ0) is 22.0. The van der Waals surface area contributed by atoms with Gasteiger partial charge in [0.1, 0.15) is 5.82 Å². The summed E-state index contributed by atoms with van der Waals surface area (Å²) >= 11 is 0. The van der Waals surface area contributed by atoms with Gasteiger partial charge in [-0.1, -0.05) is 49.1 Å². The second-order valence-electron chi connectivity index (χ2n) is 6.63. The molecule has 162 valence electrons. The van der Waals surface area contributed by atoms with E-state index in [2.05, 4.69) is 33.7 Å². The van der Waals surface area contributed by atoms with Crippen molar-refractivity contribution in [1.82, 2.24) is 15.0 Å². The molecule has 8 heteroatoms. The van der Waals surface area contributed by atoms with Crippen molar-refractivity contribution in [2.45, 2.75) is 13.3 Å². The molecule has 1 aliphatic carbocycles. The van der Waals surface area contributed by atoms with Gasteiger partial charge in [0.25, 0.3) is 0 Å². The van der Waals surface area contributed by atoms with Crippen LogP contribution in [0.4, 0.5) is 0 Å². The SMILES string of the molecule is C=Cc1ncc[nH]1.CC1(C(=O)O)C=CC=C(C(=O)O)C1.Cl.c1ccc2ncccc2c1. The van der Waals surface area contributed by atoms with Gasteiger partial charge in [0, 0.05) is 29.5 Å². The highest BCUT2D eigenvalue weighted by Crippen LogP contribution is 2.31. The monoisotopic (exact) mass is 441 g/mol. The van der Waals surface area contributed by atoms with Crippen molar-refractivity contribution in [3.05, 3.63) is 91.2 Å². The van der Waals surface area contributed by atoms with Crippen molar-refractivity contribution in [3.8, 4) is 0 Å². The van der Waals surface area contributed by atoms with Crippen LogP contribution >= 0.6 is 12.4 Å². The summed E-state index contributed by atoms with van der Waals surface area (Å²) in [6, 6.07) is 12.1. The minimum Gasteiger partial charge on any atom is -0.481 e. The molecule has 0 aliphatic heterocycles. The number of allylic oxidation sites excluding steroid dienone is 2. The lowest BCUT2D eigenvalue weighted by Crippen LogP contribution is -2.28. The second kappa shape index (κ2) is 12.1. The maximum atomic E-state index is 10.8. The van der Waals surface area contributed by atoms with E-state index in [9.17, 15) is 9.59 Å². The number of rotatable bonds is 3. The van der Waals surface area contributed by atoms with Gasteiger partial charge < -0.3 is 15.2 Å². The van der Waals surface area contributed by atoms with Gasteiger partial charge in [-0.15, -0.1) is 12.4 Å². The molecule has 2 heterocycles. The lowest BCUT2D eigenvalue weighted by molar-refractivity contribution is -0.145. The van der Waals surface area contributed by atoms with Crippen LogP contribution in [0.1, 0.15) is 19.2 Å². The lowest BCUT2D eigenvalue weighted by Gasteiger charge is -2.23. The van der Waals surface area contributed by atoms with Crippen LogP contribution in [0.3, 0.4) is 0 Å². The number of benzene rings is 1. The first-order chi connectivity index (χ1) is 14.4. The van der Waals surface area contributed by atoms with E-state index < -0.39 is 17.4 Å². The quantitative estimate of drug-likeness (QED) is 0.539. The number of pyridine rings is 1. The van der Waals surface area contributed by atoms with E-state index in [1.807, 2.05) is 30.5 Å². The number of carbonyl (C=O) groups is 2. The Morgan fingerprint density at radius 1 is 1.13 bits per heavy atom. The molecule has 3 aromatic rings. The topological polar surface area (TPSA) is 116 Å². The first-order valence-electron chi connectivity index (χ1n) is 9.12. The van der Waals surface area contributed by atoms with E-state index in [1.165, 1.54) is 30.5 Å². The third kappa shape index (κ3) is 7.56. The highest BCUT2D eigenvalue weighted by Gasteiger charge is 2.34. The molecule has 7 nitrogen and oxygen atoms in total. The van der Waals surface area contributed by atoms with Gasteiger partial charge in [-0.3, -0.25) is 9.78 Å². The molecule has 0 saturated carbocycles. The van der Waals surface area contributed by atoms with Crippen molar-refractivity contribution in [2.75, 3.05) is 0 Å². The molecular weight excluding hydrogens is 418 g/mol. The average molecular weight is 442 g/mol. The molecule has 0 radical (unpaired) electrons. The largest absolute Gasteiger partial charge is 0.481 e. The van der Waals surface area contributed by atoms with Crippen molar-refractivity contribution >= 4 is 41.3 Å². The summed E-state index contributed by atoms with van der Waals surface area (Å²) in [6.07, 6.45) is 11.4. The number of carboxylic acids is 2. The third-order valence-corrected chi connectivity index (χ3v) is 4.31. The highest BCUT2D eigenvalue weighted by molar-refractivity contribution is 5.90. The zero-order valence-corrected chi connectivity index (χ0v) is 17.7. The summed E-state index contributed by atoms with van der Waals surface area (Å²) in [5.74, 6) is -1.24. The Bertz CT molecular complexity index is 1010. The van der Waals surface area contributed by atoms with Crippen LogP contribution in [0.15, 0.2) is 85.4 Å². The Balaban J connectivity index is 0.000000238. The number of fused-ring (bicyclic) bond motifs is 1. The zero-order valence-electron chi connectivity index (χ0n) is 16.9. The normalized spacial score (nSPS) is 16.4. The lowest BCUT2D eigenvalue weighted by atomic mass is 9.80. The fraction of sp³-hybridized carbons (Fsp3) is 0.130. The molecule has 1 atom stereocenters. The van der Waals surface area contributed by atoms with E-state index >= 15 is 0 Å². The summed E-state index contributed by atoms with van der Waals surface area (Å²) in [7, 11) is 0. The van der Waals surface area contributed by atoms with E-state index in [1.54, 1.807) is 18.5 Å². The molecule has 0 saturated heterocycles. The molecule has 1 unspecified atom stereocenters. The van der Waals surface area contributed by atoms with Crippen LogP contribution in [0.5, 0.6) is 0 Å². The predicted octanol–water partition coefficient (Wildman–Crippen LogP) is 4.76. The number of carboxylic acid groups (broad SMARTS) is 2. The standard InChI is InChI=1S/C9H7N.C9H10O4.C5H6N2.ClH/c1-2-6-9-8(4-1)5-3-7-10-9;1-9(8(12)13)4-2-3-6(5-9)7(10)11;1-2-5-6-3-4-7-5;/h1-7H;2-4H,5H2,1H3,(H,10,11)(H,12,13);2-4H,1H2,(H,6,7);1H. The molecule has 0 bridgehead atoms. The Kier molecular flexibility index (Phi) is 9.88. The van der Waals surface area contributed by atoms with E-state index in [-0.39, 0.29) is 24.4 Å². The molecule has 31 heavy (non-hydrogen) atoms. The Hall–Kier alpha value is -3.71. The number of imidazole rings is 1. The van der Waals surface area contributed by atoms with Crippen LogP contribution in [0, 0.1) is 5.41 Å². The van der Waals surface area contributed by atoms with Crippen molar-refractivity contribution in [3.63, 3.8) is 0 Å². The van der Waals surface area contributed by atoms with E-state index in [0.717, 1.165) is 11.3 Å². The Morgan fingerprint density at radius 3 is 2.39 bits per heavy atom. The molecule has 1 aromatic carbocycles. The van der Waals surface area contributed by atoms with Crippen LogP contribution in [-0.4, -0.2) is 37.1 Å². The number of H-pyrrole nitrogens is 1. The molecule has 4 rings (SSSR count). The van der Waals surface area contributed by atoms with Crippen molar-refractivity contribution in [2.24, 2.45) is 5.41 Å². The van der Waals surface area contributed by atoms with Gasteiger partial charge >= 0.3 is 11.9 Å². The van der Waals surface area contributed by atoms with Gasteiger partial charge in [0.15, 0.2) is 0 Å². The summed E-state index contributed by atoms with van der Waals surface area (Å²) in [4.78, 5) is 32.2. The average Bonchev–Trinajstić information content (AvgIpc) is 3.29. The summed E-state index contributed by atoms with van der Waals surface area (Å²) < 4.78 is 0. The van der Waals surface area contributed by atoms with Crippen molar-refractivity contribution in [1.29, 1.82) is 0 Å². The van der Waals surface area contributed by atoms with Crippen LogP contribution in [0.2, 0.25) is 0 Å². The fourth-order valence-electron chi connectivity index (χ4n) is 2.59. The second-order valence-corrected chi connectivity index (χ2v) is 6.63. The Labute approximate surface area is 186 Å². The molecular formula is C23H24ClN3O4. The summed E-state index contributed by atoms with van der Waals surface area (Å²) in [6.45, 7) is 5.01. The van der Waals surface area contributed by atoms with E-state index in [0.29, 0.717) is 0 Å². The summed E-state index contributed by atoms with van der Waals surface area (Å²) in [5.41, 5.74) is 0.111.